The molecule has 7 N–H and O–H groups in total. The Morgan fingerprint density at radius 3 is 2.43 bits per heavy atom. The van der Waals surface area contributed by atoms with E-state index in [0.29, 0.717) is 0 Å². The van der Waals surface area contributed by atoms with Crippen LogP contribution in [-0.4, -0.2) is 103 Å². The predicted octanol–water partition coefficient (Wildman–Crippen LogP) is -3.94. The van der Waals surface area contributed by atoms with Crippen molar-refractivity contribution in [2.45, 2.75) is 49.0 Å². The Labute approximate surface area is 158 Å². The third-order valence-corrected chi connectivity index (χ3v) is 5.50. The van der Waals surface area contributed by atoms with E-state index in [-0.39, 0.29) is 12.0 Å². The summed E-state index contributed by atoms with van der Waals surface area (Å²) >= 11 is 0. The van der Waals surface area contributed by atoms with E-state index >= 15 is 0 Å². The van der Waals surface area contributed by atoms with E-state index in [0.717, 1.165) is 6.26 Å². The fraction of sp³-hybridized carbons (Fsp3) is 0.750. The molecule has 1 saturated carbocycles. The molecular formula is C16H22O12. The van der Waals surface area contributed by atoms with E-state index in [1.165, 1.54) is 0 Å². The van der Waals surface area contributed by atoms with Crippen molar-refractivity contribution in [3.05, 3.63) is 11.8 Å². The van der Waals surface area contributed by atoms with Gasteiger partial charge in [-0.05, 0) is 0 Å². The van der Waals surface area contributed by atoms with Crippen molar-refractivity contribution in [2.24, 2.45) is 11.8 Å². The molecule has 12 nitrogen and oxygen atoms in total. The summed E-state index contributed by atoms with van der Waals surface area (Å²) in [7, 11) is 0. The molecule has 0 aromatic rings. The van der Waals surface area contributed by atoms with Gasteiger partial charge in [-0.2, -0.15) is 0 Å². The number of aliphatic hydroxyl groups excluding tert-OH is 5. The van der Waals surface area contributed by atoms with Crippen LogP contribution < -0.4 is 0 Å². The van der Waals surface area contributed by atoms with E-state index < -0.39 is 79.4 Å². The summed E-state index contributed by atoms with van der Waals surface area (Å²) in [6, 6.07) is 0. The van der Waals surface area contributed by atoms with E-state index in [9.17, 15) is 45.3 Å². The Balaban J connectivity index is 1.89. The summed E-state index contributed by atoms with van der Waals surface area (Å²) in [5.41, 5.74) is -2.64. The lowest BCUT2D eigenvalue weighted by molar-refractivity contribution is -0.346. The molecule has 1 aliphatic carbocycles. The van der Waals surface area contributed by atoms with Gasteiger partial charge >= 0.3 is 5.97 Å². The second-order valence-electron chi connectivity index (χ2n) is 7.06. The summed E-state index contributed by atoms with van der Waals surface area (Å²) in [5, 5.41) is 68.4. The molecule has 2 aliphatic heterocycles. The monoisotopic (exact) mass is 406 g/mol. The van der Waals surface area contributed by atoms with Crippen molar-refractivity contribution in [2.75, 3.05) is 13.2 Å². The highest BCUT2D eigenvalue weighted by Crippen LogP contribution is 2.47. The molecule has 12 heteroatoms. The first-order chi connectivity index (χ1) is 13.2. The molecule has 2 heterocycles. The van der Waals surface area contributed by atoms with Crippen molar-refractivity contribution in [3.8, 4) is 0 Å². The molecule has 0 radical (unpaired) electrons. The summed E-state index contributed by atoms with van der Waals surface area (Å²) in [6.07, 6.45) is -9.11. The lowest BCUT2D eigenvalue weighted by Gasteiger charge is -2.43. The Morgan fingerprint density at radius 1 is 1.18 bits per heavy atom. The summed E-state index contributed by atoms with van der Waals surface area (Å²) < 4.78 is 15.9. The highest BCUT2D eigenvalue weighted by atomic mass is 16.8. The maximum Gasteiger partial charge on any atom is 0.334 e. The van der Waals surface area contributed by atoms with Crippen molar-refractivity contribution in [1.82, 2.24) is 0 Å². The normalized spacial score (nSPS) is 45.9. The SMILES string of the molecule is O=C(O)C1=CO[C@H](O[C@@H]2O[C@H](CO)[C@@H](O)[C@H](O)[C@H]2O)[C@@H]2[C@H]1CC(=O)[C@]2(O)CO. The summed E-state index contributed by atoms with van der Waals surface area (Å²) in [6.45, 7) is -1.72. The van der Waals surface area contributed by atoms with Gasteiger partial charge in [-0.25, -0.2) is 4.79 Å². The number of carbonyl (C=O) groups excluding carboxylic acids is 1. The molecule has 0 aromatic carbocycles. The first-order valence-corrected chi connectivity index (χ1v) is 8.57. The number of ketones is 1. The van der Waals surface area contributed by atoms with Crippen molar-refractivity contribution in [3.63, 3.8) is 0 Å². The maximum absolute atomic E-state index is 12.2. The van der Waals surface area contributed by atoms with Crippen molar-refractivity contribution >= 4 is 11.8 Å². The Bertz CT molecular complexity index is 662. The van der Waals surface area contributed by atoms with E-state index in [1.807, 2.05) is 0 Å². The fourth-order valence-corrected chi connectivity index (χ4v) is 3.88. The highest BCUT2D eigenvalue weighted by Gasteiger charge is 2.62. The number of hydrogen-bond donors (Lipinski definition) is 7. The van der Waals surface area contributed by atoms with Gasteiger partial charge in [0.1, 0.15) is 24.4 Å². The molecule has 0 bridgehead atoms. The first kappa shape index (κ1) is 21.1. The maximum atomic E-state index is 12.2. The van der Waals surface area contributed by atoms with Gasteiger partial charge in [0.15, 0.2) is 17.7 Å². The number of ether oxygens (including phenoxy) is 3. The second-order valence-corrected chi connectivity index (χ2v) is 7.06. The van der Waals surface area contributed by atoms with E-state index in [2.05, 4.69) is 0 Å². The largest absolute Gasteiger partial charge is 0.478 e. The number of carboxylic acids is 1. The number of aliphatic hydroxyl groups is 6. The molecule has 2 fully saturated rings. The van der Waals surface area contributed by atoms with Gasteiger partial charge < -0.3 is 50.0 Å². The van der Waals surface area contributed by atoms with E-state index in [1.54, 1.807) is 0 Å². The highest BCUT2D eigenvalue weighted by molar-refractivity contribution is 5.95. The third kappa shape index (κ3) is 3.21. The number of hydrogen-bond acceptors (Lipinski definition) is 11. The fourth-order valence-electron chi connectivity index (χ4n) is 3.88. The zero-order valence-corrected chi connectivity index (χ0v) is 14.5. The van der Waals surface area contributed by atoms with E-state index in [4.69, 9.17) is 14.2 Å². The number of Topliss-reactive ketones (excluding diaryl/α,β-unsaturated/α-hetero) is 1. The Kier molecular flexibility index (Phi) is 5.76. The number of carbonyl (C=O) groups is 2. The van der Waals surface area contributed by atoms with Crippen LogP contribution in [0.3, 0.4) is 0 Å². The molecular weight excluding hydrogens is 384 g/mol. The van der Waals surface area contributed by atoms with Crippen LogP contribution in [0.15, 0.2) is 11.8 Å². The average molecular weight is 406 g/mol. The van der Waals surface area contributed by atoms with Gasteiger partial charge in [0.05, 0.1) is 31.0 Å². The lowest BCUT2D eigenvalue weighted by atomic mass is 9.80. The zero-order chi connectivity index (χ0) is 20.8. The van der Waals surface area contributed by atoms with Crippen LogP contribution in [0.2, 0.25) is 0 Å². The Hall–Kier alpha value is -1.64. The van der Waals surface area contributed by atoms with Crippen LogP contribution in [-0.2, 0) is 23.8 Å². The van der Waals surface area contributed by atoms with Crippen LogP contribution in [0.25, 0.3) is 0 Å². The van der Waals surface area contributed by atoms with Gasteiger partial charge in [-0.15, -0.1) is 0 Å². The number of rotatable bonds is 5. The van der Waals surface area contributed by atoms with Crippen LogP contribution in [0, 0.1) is 11.8 Å². The van der Waals surface area contributed by atoms with Crippen molar-refractivity contribution in [1.29, 1.82) is 0 Å². The van der Waals surface area contributed by atoms with Gasteiger partial charge in [-0.1, -0.05) is 0 Å². The standard InChI is InChI=1S/C16H22O12/c17-2-7-10(20)11(21)12(22)15(27-7)28-14-9-5(6(3-26-14)13(23)24)1-8(19)16(9,25)4-18/h3,5,7,9-12,14-15,17-18,20-22,25H,1-2,4H2,(H,23,24)/t5-,7+,9-,10+,11-,12+,14+,15-,16+/m0/s1. The Morgan fingerprint density at radius 2 is 1.86 bits per heavy atom. The quantitative estimate of drug-likeness (QED) is 0.234. The summed E-state index contributed by atoms with van der Waals surface area (Å²) in [4.78, 5) is 23.6. The lowest BCUT2D eigenvalue weighted by Crippen LogP contribution is -2.61. The average Bonchev–Trinajstić information content (AvgIpc) is 2.93. The molecule has 28 heavy (non-hydrogen) atoms. The molecule has 9 atom stereocenters. The zero-order valence-electron chi connectivity index (χ0n) is 14.5. The minimum Gasteiger partial charge on any atom is -0.478 e. The van der Waals surface area contributed by atoms with Gasteiger partial charge in [-0.3, -0.25) is 4.79 Å². The molecule has 3 rings (SSSR count). The molecule has 158 valence electrons. The number of aliphatic carboxylic acids is 1. The second kappa shape index (κ2) is 7.65. The minimum absolute atomic E-state index is 0.295. The van der Waals surface area contributed by atoms with Gasteiger partial charge in [0, 0.05) is 12.3 Å². The van der Waals surface area contributed by atoms with Crippen molar-refractivity contribution < 1.29 is 59.5 Å². The third-order valence-electron chi connectivity index (χ3n) is 5.50. The smallest absolute Gasteiger partial charge is 0.334 e. The summed E-state index contributed by atoms with van der Waals surface area (Å²) in [5.74, 6) is -4.56. The number of fused-ring (bicyclic) bond motifs is 1. The van der Waals surface area contributed by atoms with Crippen LogP contribution >= 0.6 is 0 Å². The minimum atomic E-state index is -2.35. The molecule has 0 aromatic heterocycles. The van der Waals surface area contributed by atoms with Crippen LogP contribution in [0.1, 0.15) is 6.42 Å². The van der Waals surface area contributed by atoms with Crippen LogP contribution in [0.4, 0.5) is 0 Å². The predicted molar refractivity (Wildman–Crippen MR) is 84.1 cm³/mol. The topological polar surface area (TPSA) is 203 Å². The van der Waals surface area contributed by atoms with Crippen LogP contribution in [0.5, 0.6) is 0 Å². The number of carboxylic acid groups (broad SMARTS) is 1. The molecule has 0 amide bonds. The molecule has 0 spiro atoms. The first-order valence-electron chi connectivity index (χ1n) is 8.57. The molecule has 0 unspecified atom stereocenters. The van der Waals surface area contributed by atoms with Gasteiger partial charge in [0.2, 0.25) is 6.29 Å². The van der Waals surface area contributed by atoms with Gasteiger partial charge in [0.25, 0.3) is 0 Å². The molecule has 1 saturated heterocycles. The molecule has 3 aliphatic rings.